The average Bonchev–Trinajstić information content (AvgIpc) is 3.82. The second kappa shape index (κ2) is 11.2. The van der Waals surface area contributed by atoms with Crippen LogP contribution in [0.15, 0.2) is 182 Å². The summed E-state index contributed by atoms with van der Waals surface area (Å²) < 4.78 is 4.82. The first-order valence-corrected chi connectivity index (χ1v) is 18.5. The number of benzene rings is 8. The molecule has 0 atom stereocenters. The van der Waals surface area contributed by atoms with Crippen molar-refractivity contribution in [3.05, 3.63) is 215 Å². The van der Waals surface area contributed by atoms with Crippen LogP contribution in [0.2, 0.25) is 0 Å². The van der Waals surface area contributed by atoms with Gasteiger partial charge >= 0.3 is 0 Å². The molecule has 0 fully saturated rings. The Morgan fingerprint density at radius 1 is 0.340 bits per heavy atom. The molecule has 2 aromatic heterocycles. The van der Waals surface area contributed by atoms with E-state index in [0.717, 1.165) is 11.4 Å². The lowest BCUT2D eigenvalue weighted by atomic mass is 9.67. The maximum Gasteiger partial charge on any atom is 0.0713 e. The summed E-state index contributed by atoms with van der Waals surface area (Å²) in [5, 5.41) is 5.10. The third-order valence-electron chi connectivity index (χ3n) is 11.7. The van der Waals surface area contributed by atoms with Crippen molar-refractivity contribution in [3.63, 3.8) is 0 Å². The molecule has 1 aliphatic rings. The van der Waals surface area contributed by atoms with Gasteiger partial charge in [-0.3, -0.25) is 0 Å². The first-order chi connectivity index (χ1) is 26.1. The number of nitrogens with zero attached hydrogens (tertiary/aromatic N) is 2. The summed E-state index contributed by atoms with van der Waals surface area (Å²) in [4.78, 5) is 0. The number of rotatable bonds is 4. The van der Waals surface area contributed by atoms with Crippen LogP contribution in [0.3, 0.4) is 0 Å². The van der Waals surface area contributed by atoms with Gasteiger partial charge in [0, 0.05) is 32.9 Å². The Labute approximate surface area is 308 Å². The Hall–Kier alpha value is -6.64. The molecule has 0 N–H and O–H groups in total. The molecule has 10 aromatic rings. The second-order valence-corrected chi connectivity index (χ2v) is 14.7. The molecule has 0 unspecified atom stereocenters. The number of fused-ring (bicyclic) bond motifs is 9. The van der Waals surface area contributed by atoms with Crippen LogP contribution in [-0.2, 0) is 5.41 Å². The van der Waals surface area contributed by atoms with Crippen LogP contribution >= 0.6 is 0 Å². The van der Waals surface area contributed by atoms with Crippen LogP contribution in [0.1, 0.15) is 33.4 Å². The fraction of sp³-hybridized carbons (Fsp3) is 0.0588. The fourth-order valence-electron chi connectivity index (χ4n) is 9.46. The minimum absolute atomic E-state index is 0.499. The summed E-state index contributed by atoms with van der Waals surface area (Å²) in [7, 11) is 0. The molecule has 1 aliphatic carbocycles. The van der Waals surface area contributed by atoms with Crippen molar-refractivity contribution in [2.45, 2.75) is 19.3 Å². The molecule has 8 aromatic carbocycles. The van der Waals surface area contributed by atoms with Crippen LogP contribution in [-0.4, -0.2) is 9.13 Å². The molecular formula is C51H36N2. The SMILES string of the molecule is Cc1ccc2c(c1)C(c1ccc(-n3c4ccccc4c4ccccc43)cc1)(c1ccc(-n3c4ccccc4c4ccccc43)cc1)c1cc(C)ccc1-2. The van der Waals surface area contributed by atoms with Crippen LogP contribution in [0.4, 0.5) is 0 Å². The fourth-order valence-corrected chi connectivity index (χ4v) is 9.46. The van der Waals surface area contributed by atoms with Gasteiger partial charge in [0.05, 0.1) is 27.5 Å². The monoisotopic (exact) mass is 676 g/mol. The Morgan fingerprint density at radius 3 is 1.00 bits per heavy atom. The lowest BCUT2D eigenvalue weighted by Crippen LogP contribution is -2.29. The molecule has 0 saturated carbocycles. The summed E-state index contributed by atoms with van der Waals surface area (Å²) >= 11 is 0. The van der Waals surface area contributed by atoms with Crippen LogP contribution in [0, 0.1) is 13.8 Å². The predicted octanol–water partition coefficient (Wildman–Crippen LogP) is 12.9. The molecular weight excluding hydrogens is 641 g/mol. The largest absolute Gasteiger partial charge is 0.309 e. The molecule has 0 amide bonds. The third-order valence-corrected chi connectivity index (χ3v) is 11.7. The van der Waals surface area contributed by atoms with Crippen molar-refractivity contribution < 1.29 is 0 Å². The van der Waals surface area contributed by atoms with Crippen molar-refractivity contribution in [3.8, 4) is 22.5 Å². The third kappa shape index (κ3) is 4.15. The molecule has 0 bridgehead atoms. The van der Waals surface area contributed by atoms with Crippen LogP contribution in [0.25, 0.3) is 66.1 Å². The van der Waals surface area contributed by atoms with E-state index < -0.39 is 5.41 Å². The van der Waals surface area contributed by atoms with Gasteiger partial charge in [-0.2, -0.15) is 0 Å². The van der Waals surface area contributed by atoms with Gasteiger partial charge in [-0.15, -0.1) is 0 Å². The van der Waals surface area contributed by atoms with Crippen molar-refractivity contribution in [1.29, 1.82) is 0 Å². The van der Waals surface area contributed by atoms with E-state index in [1.54, 1.807) is 0 Å². The molecule has 0 aliphatic heterocycles. The lowest BCUT2D eigenvalue weighted by molar-refractivity contribution is 0.765. The first kappa shape index (κ1) is 30.0. The minimum atomic E-state index is -0.499. The highest BCUT2D eigenvalue weighted by atomic mass is 15.0. The van der Waals surface area contributed by atoms with E-state index in [2.05, 4.69) is 205 Å². The standard InChI is InChI=1S/C51H36N2/c1-33-19-29-39-40-30-20-34(2)32-46(40)51(45(39)31-33,35-21-25-37(26-22-35)52-47-15-7-3-11-41(47)42-12-4-8-16-48(42)52)36-23-27-38(28-24-36)53-49-17-9-5-13-43(49)44-14-6-10-18-50(44)53/h3-32H,1-2H3. The zero-order valence-corrected chi connectivity index (χ0v) is 29.7. The van der Waals surface area contributed by atoms with Crippen LogP contribution in [0.5, 0.6) is 0 Å². The topological polar surface area (TPSA) is 9.86 Å². The van der Waals surface area contributed by atoms with E-state index in [1.165, 1.54) is 88.1 Å². The van der Waals surface area contributed by atoms with Crippen molar-refractivity contribution in [2.24, 2.45) is 0 Å². The normalized spacial score (nSPS) is 13.2. The number of hydrogen-bond donors (Lipinski definition) is 0. The Balaban J connectivity index is 1.15. The Bertz CT molecular complexity index is 2750. The minimum Gasteiger partial charge on any atom is -0.309 e. The lowest BCUT2D eigenvalue weighted by Gasteiger charge is -2.34. The highest BCUT2D eigenvalue weighted by molar-refractivity contribution is 6.10. The molecule has 2 heteroatoms. The smallest absolute Gasteiger partial charge is 0.0713 e. The van der Waals surface area contributed by atoms with Crippen molar-refractivity contribution >= 4 is 43.6 Å². The Morgan fingerprint density at radius 2 is 0.660 bits per heavy atom. The number of aromatic nitrogens is 2. The molecule has 53 heavy (non-hydrogen) atoms. The predicted molar refractivity (Wildman–Crippen MR) is 222 cm³/mol. The summed E-state index contributed by atoms with van der Waals surface area (Å²) in [5.74, 6) is 0. The highest BCUT2D eigenvalue weighted by Crippen LogP contribution is 2.56. The van der Waals surface area contributed by atoms with Gasteiger partial charge in [-0.1, -0.05) is 145 Å². The van der Waals surface area contributed by atoms with Gasteiger partial charge in [0.2, 0.25) is 0 Å². The maximum absolute atomic E-state index is 2.42. The van der Waals surface area contributed by atoms with E-state index in [4.69, 9.17) is 0 Å². The molecule has 2 heterocycles. The maximum atomic E-state index is 2.42. The molecule has 0 spiro atoms. The van der Waals surface area contributed by atoms with E-state index in [9.17, 15) is 0 Å². The van der Waals surface area contributed by atoms with E-state index in [1.807, 2.05) is 0 Å². The van der Waals surface area contributed by atoms with Crippen LogP contribution < -0.4 is 0 Å². The van der Waals surface area contributed by atoms with Gasteiger partial charge in [-0.05, 0) is 95.8 Å². The quantitative estimate of drug-likeness (QED) is 0.176. The summed E-state index contributed by atoms with van der Waals surface area (Å²) in [6.45, 7) is 4.44. The van der Waals surface area contributed by atoms with Gasteiger partial charge in [-0.25, -0.2) is 0 Å². The number of aryl methyl sites for hydroxylation is 2. The summed E-state index contributed by atoms with van der Waals surface area (Å²) in [6, 6.07) is 67.8. The van der Waals surface area contributed by atoms with Gasteiger partial charge in [0.15, 0.2) is 0 Å². The van der Waals surface area contributed by atoms with E-state index in [-0.39, 0.29) is 0 Å². The van der Waals surface area contributed by atoms with E-state index >= 15 is 0 Å². The molecule has 0 saturated heterocycles. The van der Waals surface area contributed by atoms with Crippen molar-refractivity contribution in [1.82, 2.24) is 9.13 Å². The highest BCUT2D eigenvalue weighted by Gasteiger charge is 2.46. The molecule has 0 radical (unpaired) electrons. The molecule has 2 nitrogen and oxygen atoms in total. The number of hydrogen-bond acceptors (Lipinski definition) is 0. The van der Waals surface area contributed by atoms with Gasteiger partial charge < -0.3 is 9.13 Å². The van der Waals surface area contributed by atoms with E-state index in [0.29, 0.717) is 0 Å². The molecule has 250 valence electrons. The number of para-hydroxylation sites is 4. The first-order valence-electron chi connectivity index (χ1n) is 18.5. The van der Waals surface area contributed by atoms with Crippen molar-refractivity contribution in [2.75, 3.05) is 0 Å². The summed E-state index contributed by atoms with van der Waals surface area (Å²) in [6.07, 6.45) is 0. The van der Waals surface area contributed by atoms with Gasteiger partial charge in [0.25, 0.3) is 0 Å². The zero-order valence-electron chi connectivity index (χ0n) is 29.7. The second-order valence-electron chi connectivity index (χ2n) is 14.7. The zero-order chi connectivity index (χ0) is 35.3. The average molecular weight is 677 g/mol. The summed E-state index contributed by atoms with van der Waals surface area (Å²) in [5.41, 5.74) is 17.1. The Kier molecular flexibility index (Phi) is 6.33. The molecule has 11 rings (SSSR count). The van der Waals surface area contributed by atoms with Gasteiger partial charge in [0.1, 0.15) is 0 Å².